The lowest BCUT2D eigenvalue weighted by atomic mass is 9.62. The maximum Gasteiger partial charge on any atom is 0.317 e. The third-order valence-corrected chi connectivity index (χ3v) is 6.03. The minimum atomic E-state index is -0.0490. The van der Waals surface area contributed by atoms with Gasteiger partial charge in [0.25, 0.3) is 0 Å². The Morgan fingerprint density at radius 2 is 1.43 bits per heavy atom. The molecular formula is C20H36N4O4. The van der Waals surface area contributed by atoms with Crippen LogP contribution in [0.3, 0.4) is 0 Å². The molecule has 3 aliphatic rings. The molecule has 0 unspecified atom stereocenters. The summed E-state index contributed by atoms with van der Waals surface area (Å²) in [6, 6.07) is 0.108. The van der Waals surface area contributed by atoms with Crippen LogP contribution in [0.5, 0.6) is 0 Å². The minimum absolute atomic E-state index is 0.00528. The van der Waals surface area contributed by atoms with Gasteiger partial charge in [-0.25, -0.2) is 9.59 Å². The van der Waals surface area contributed by atoms with E-state index >= 15 is 0 Å². The number of nitrogens with one attached hydrogen (secondary N) is 2. The average molecular weight is 397 g/mol. The lowest BCUT2D eigenvalue weighted by molar-refractivity contribution is 0.0422. The Hall–Kier alpha value is -1.54. The van der Waals surface area contributed by atoms with Gasteiger partial charge in [0.2, 0.25) is 0 Å². The molecule has 2 aliphatic heterocycles. The summed E-state index contributed by atoms with van der Waals surface area (Å²) in [4.78, 5) is 28.8. The molecule has 0 aromatic rings. The van der Waals surface area contributed by atoms with Crippen LogP contribution in [0.2, 0.25) is 0 Å². The standard InChI is InChI=1S/C20H36N4O4/c1-19(2)12-16(22-18(26)24-6-10-28-11-7-24)13-20(3,14-19)15-21-17(25)23-4-8-27-9-5-23/h16H,4-15H2,1-3H3,(H,21,25)(H,22,26)/t16-,20+/m0/s1. The van der Waals surface area contributed by atoms with Crippen LogP contribution < -0.4 is 10.6 Å². The van der Waals surface area contributed by atoms with Gasteiger partial charge in [0.15, 0.2) is 0 Å². The summed E-state index contributed by atoms with van der Waals surface area (Å²) in [5.74, 6) is 0. The monoisotopic (exact) mass is 396 g/mol. The van der Waals surface area contributed by atoms with E-state index in [0.29, 0.717) is 59.2 Å². The van der Waals surface area contributed by atoms with Crippen LogP contribution >= 0.6 is 0 Å². The van der Waals surface area contributed by atoms with Gasteiger partial charge in [-0.15, -0.1) is 0 Å². The fourth-order valence-corrected chi connectivity index (χ4v) is 5.07. The Bertz CT molecular complexity index is 558. The summed E-state index contributed by atoms with van der Waals surface area (Å²) in [5.41, 5.74) is 0.0618. The number of morpholine rings is 2. The lowest BCUT2D eigenvalue weighted by Crippen LogP contribution is -2.55. The van der Waals surface area contributed by atoms with Crippen LogP contribution in [0.1, 0.15) is 40.0 Å². The first kappa shape index (κ1) is 21.2. The van der Waals surface area contributed by atoms with E-state index in [0.717, 1.165) is 19.3 Å². The number of hydrogen-bond acceptors (Lipinski definition) is 4. The topological polar surface area (TPSA) is 83.1 Å². The first-order valence-electron chi connectivity index (χ1n) is 10.5. The molecule has 1 aliphatic carbocycles. The second-order valence-electron chi connectivity index (χ2n) is 9.56. The second-order valence-corrected chi connectivity index (χ2v) is 9.56. The molecule has 8 heteroatoms. The number of amides is 4. The third kappa shape index (κ3) is 5.73. The molecule has 0 aromatic carbocycles. The molecule has 2 N–H and O–H groups in total. The highest BCUT2D eigenvalue weighted by Crippen LogP contribution is 2.45. The van der Waals surface area contributed by atoms with Crippen molar-refractivity contribution in [2.45, 2.75) is 46.1 Å². The van der Waals surface area contributed by atoms with Gasteiger partial charge >= 0.3 is 12.1 Å². The predicted molar refractivity (Wildman–Crippen MR) is 106 cm³/mol. The zero-order valence-electron chi connectivity index (χ0n) is 17.6. The molecule has 2 heterocycles. The maximum atomic E-state index is 12.6. The smallest absolute Gasteiger partial charge is 0.317 e. The van der Waals surface area contributed by atoms with Crippen molar-refractivity contribution in [2.75, 3.05) is 59.2 Å². The normalized spacial score (nSPS) is 30.6. The summed E-state index contributed by atoms with van der Waals surface area (Å²) in [6.45, 7) is 12.4. The highest BCUT2D eigenvalue weighted by Gasteiger charge is 2.42. The van der Waals surface area contributed by atoms with Crippen molar-refractivity contribution in [1.82, 2.24) is 20.4 Å². The third-order valence-electron chi connectivity index (χ3n) is 6.03. The van der Waals surface area contributed by atoms with E-state index < -0.39 is 0 Å². The van der Waals surface area contributed by atoms with Gasteiger partial charge in [0.05, 0.1) is 26.4 Å². The SMILES string of the molecule is CC1(C)C[C@H](NC(=O)N2CCOCC2)C[C@@](C)(CNC(=O)N2CCOCC2)C1. The van der Waals surface area contributed by atoms with E-state index in [1.165, 1.54) is 0 Å². The van der Waals surface area contributed by atoms with Crippen LogP contribution in [0.15, 0.2) is 0 Å². The highest BCUT2D eigenvalue weighted by molar-refractivity contribution is 5.75. The zero-order chi connectivity index (χ0) is 20.2. The minimum Gasteiger partial charge on any atom is -0.378 e. The summed E-state index contributed by atoms with van der Waals surface area (Å²) < 4.78 is 10.7. The molecule has 0 aromatic heterocycles. The van der Waals surface area contributed by atoms with Crippen LogP contribution in [0, 0.1) is 10.8 Å². The van der Waals surface area contributed by atoms with E-state index in [1.54, 1.807) is 0 Å². The number of carbonyl (C=O) groups is 2. The zero-order valence-corrected chi connectivity index (χ0v) is 17.6. The molecule has 2 saturated heterocycles. The van der Waals surface area contributed by atoms with Crippen molar-refractivity contribution in [3.8, 4) is 0 Å². The number of ether oxygens (including phenoxy) is 2. The number of rotatable bonds is 3. The van der Waals surface area contributed by atoms with Crippen LogP contribution in [0.4, 0.5) is 9.59 Å². The van der Waals surface area contributed by atoms with Crippen LogP contribution in [-0.2, 0) is 9.47 Å². The molecule has 3 fully saturated rings. The van der Waals surface area contributed by atoms with Gasteiger partial charge in [-0.1, -0.05) is 20.8 Å². The van der Waals surface area contributed by atoms with Gasteiger partial charge < -0.3 is 29.9 Å². The molecule has 28 heavy (non-hydrogen) atoms. The lowest BCUT2D eigenvalue weighted by Gasteiger charge is -2.47. The van der Waals surface area contributed by atoms with E-state index in [9.17, 15) is 9.59 Å². The van der Waals surface area contributed by atoms with Crippen molar-refractivity contribution >= 4 is 12.1 Å². The summed E-state index contributed by atoms with van der Waals surface area (Å²) >= 11 is 0. The van der Waals surface area contributed by atoms with E-state index in [4.69, 9.17) is 9.47 Å². The highest BCUT2D eigenvalue weighted by atomic mass is 16.5. The number of carbonyl (C=O) groups excluding carboxylic acids is 2. The Balaban J connectivity index is 1.55. The van der Waals surface area contributed by atoms with E-state index in [1.807, 2.05) is 9.80 Å². The summed E-state index contributed by atoms with van der Waals surface area (Å²) in [6.07, 6.45) is 2.85. The number of nitrogens with zero attached hydrogens (tertiary/aromatic N) is 2. The van der Waals surface area contributed by atoms with Crippen molar-refractivity contribution in [3.63, 3.8) is 0 Å². The van der Waals surface area contributed by atoms with E-state index in [-0.39, 0.29) is 28.9 Å². The molecule has 160 valence electrons. The van der Waals surface area contributed by atoms with Gasteiger partial charge in [-0.2, -0.15) is 0 Å². The van der Waals surface area contributed by atoms with Crippen LogP contribution in [-0.4, -0.2) is 87.1 Å². The molecule has 0 radical (unpaired) electrons. The Kier molecular flexibility index (Phi) is 6.70. The van der Waals surface area contributed by atoms with Crippen molar-refractivity contribution in [1.29, 1.82) is 0 Å². The molecule has 2 atom stereocenters. The average Bonchev–Trinajstić information content (AvgIpc) is 2.66. The van der Waals surface area contributed by atoms with Crippen LogP contribution in [0.25, 0.3) is 0 Å². The molecule has 1 saturated carbocycles. The van der Waals surface area contributed by atoms with Gasteiger partial charge in [-0.05, 0) is 30.1 Å². The largest absolute Gasteiger partial charge is 0.378 e. The van der Waals surface area contributed by atoms with Gasteiger partial charge in [-0.3, -0.25) is 0 Å². The van der Waals surface area contributed by atoms with E-state index in [2.05, 4.69) is 31.4 Å². The first-order chi connectivity index (χ1) is 13.3. The maximum absolute atomic E-state index is 12.6. The fraction of sp³-hybridized carbons (Fsp3) is 0.900. The molecule has 0 spiro atoms. The summed E-state index contributed by atoms with van der Waals surface area (Å²) in [5, 5.41) is 6.37. The number of hydrogen-bond donors (Lipinski definition) is 2. The second kappa shape index (κ2) is 8.86. The fourth-order valence-electron chi connectivity index (χ4n) is 5.07. The molecule has 4 amide bonds. The predicted octanol–water partition coefficient (Wildman–Crippen LogP) is 1.66. The van der Waals surface area contributed by atoms with Crippen molar-refractivity contribution in [2.24, 2.45) is 10.8 Å². The molecular weight excluding hydrogens is 360 g/mol. The van der Waals surface area contributed by atoms with Gasteiger partial charge in [0.1, 0.15) is 0 Å². The Morgan fingerprint density at radius 1 is 0.893 bits per heavy atom. The van der Waals surface area contributed by atoms with Gasteiger partial charge in [0, 0.05) is 38.8 Å². The van der Waals surface area contributed by atoms with Crippen molar-refractivity contribution in [3.05, 3.63) is 0 Å². The van der Waals surface area contributed by atoms with Crippen molar-refractivity contribution < 1.29 is 19.1 Å². The molecule has 3 rings (SSSR count). The Labute approximate surface area is 168 Å². The Morgan fingerprint density at radius 3 is 2.00 bits per heavy atom. The number of urea groups is 2. The molecule has 8 nitrogen and oxygen atoms in total. The summed E-state index contributed by atoms with van der Waals surface area (Å²) in [7, 11) is 0. The quantitative estimate of drug-likeness (QED) is 0.760. The molecule has 0 bridgehead atoms. The first-order valence-corrected chi connectivity index (χ1v) is 10.5.